The average Bonchev–Trinajstić information content (AvgIpc) is 2.76. The number of fused-ring (bicyclic) bond motifs is 1. The van der Waals surface area contributed by atoms with E-state index in [4.69, 9.17) is 4.74 Å². The number of hydrogen-bond acceptors (Lipinski definition) is 5. The van der Waals surface area contributed by atoms with Gasteiger partial charge in [0.05, 0.1) is 10.8 Å². The smallest absolute Gasteiger partial charge is 0.237 e. The molecule has 0 aliphatic heterocycles. The normalized spacial score (nSPS) is 11.8. The molecule has 144 valence electrons. The highest BCUT2D eigenvalue weighted by Crippen LogP contribution is 2.29. The monoisotopic (exact) mass is 401 g/mol. The Morgan fingerprint density at radius 2 is 1.59 bits per heavy atom. The summed E-state index contributed by atoms with van der Waals surface area (Å²) in [5.41, 5.74) is 1.59. The van der Waals surface area contributed by atoms with Gasteiger partial charge >= 0.3 is 0 Å². The maximum atomic E-state index is 12.6. The van der Waals surface area contributed by atoms with Crippen LogP contribution < -0.4 is 10.1 Å². The van der Waals surface area contributed by atoms with Gasteiger partial charge in [0.25, 0.3) is 0 Å². The summed E-state index contributed by atoms with van der Waals surface area (Å²) < 4.78 is 5.77. The van der Waals surface area contributed by atoms with Crippen molar-refractivity contribution in [3.05, 3.63) is 85.2 Å². The van der Waals surface area contributed by atoms with Gasteiger partial charge in [-0.2, -0.15) is 0 Å². The Bertz CT molecular complexity index is 1110. The SMILES string of the molecule is C[C@H](Sc1ncnc2ccccc12)C(=O)Nc1ccc(Oc2ccccc2)cc1. The van der Waals surface area contributed by atoms with Crippen molar-refractivity contribution in [1.82, 2.24) is 9.97 Å². The molecular formula is C23H19N3O2S. The van der Waals surface area contributed by atoms with E-state index in [0.717, 1.165) is 27.4 Å². The van der Waals surface area contributed by atoms with Gasteiger partial charge in [-0.25, -0.2) is 9.97 Å². The van der Waals surface area contributed by atoms with Crippen molar-refractivity contribution in [1.29, 1.82) is 0 Å². The first kappa shape index (κ1) is 19.0. The molecule has 0 fully saturated rings. The number of nitrogens with one attached hydrogen (secondary N) is 1. The van der Waals surface area contributed by atoms with Gasteiger partial charge in [0.15, 0.2) is 0 Å². The minimum Gasteiger partial charge on any atom is -0.457 e. The molecule has 1 amide bonds. The van der Waals surface area contributed by atoms with E-state index in [9.17, 15) is 4.79 Å². The zero-order chi connectivity index (χ0) is 20.1. The average molecular weight is 401 g/mol. The number of aromatic nitrogens is 2. The van der Waals surface area contributed by atoms with Crippen molar-refractivity contribution < 1.29 is 9.53 Å². The van der Waals surface area contributed by atoms with Gasteiger partial charge in [-0.1, -0.05) is 48.2 Å². The van der Waals surface area contributed by atoms with Crippen LogP contribution >= 0.6 is 11.8 Å². The molecule has 4 rings (SSSR count). The number of amides is 1. The van der Waals surface area contributed by atoms with Crippen LogP contribution in [0.1, 0.15) is 6.92 Å². The van der Waals surface area contributed by atoms with Gasteiger partial charge in [0.2, 0.25) is 5.91 Å². The fourth-order valence-corrected chi connectivity index (χ4v) is 3.68. The number of rotatable bonds is 6. The number of anilines is 1. The Kier molecular flexibility index (Phi) is 5.72. The first-order valence-corrected chi connectivity index (χ1v) is 10.1. The molecule has 0 bridgehead atoms. The molecule has 0 unspecified atom stereocenters. The molecule has 0 aliphatic carbocycles. The van der Waals surface area contributed by atoms with Crippen LogP contribution in [0.5, 0.6) is 11.5 Å². The Balaban J connectivity index is 1.39. The number of thioether (sulfide) groups is 1. The van der Waals surface area contributed by atoms with Crippen molar-refractivity contribution in [2.45, 2.75) is 17.2 Å². The first-order valence-electron chi connectivity index (χ1n) is 9.19. The van der Waals surface area contributed by atoms with E-state index >= 15 is 0 Å². The van der Waals surface area contributed by atoms with Gasteiger partial charge in [0, 0.05) is 11.1 Å². The summed E-state index contributed by atoms with van der Waals surface area (Å²) in [5.74, 6) is 1.39. The quantitative estimate of drug-likeness (QED) is 0.339. The van der Waals surface area contributed by atoms with Crippen molar-refractivity contribution >= 4 is 34.3 Å². The molecule has 29 heavy (non-hydrogen) atoms. The Morgan fingerprint density at radius 1 is 0.897 bits per heavy atom. The molecule has 0 aliphatic rings. The van der Waals surface area contributed by atoms with E-state index in [2.05, 4.69) is 15.3 Å². The molecular weight excluding hydrogens is 382 g/mol. The number of carbonyl (C=O) groups is 1. The fraction of sp³-hybridized carbons (Fsp3) is 0.0870. The third kappa shape index (κ3) is 4.73. The fourth-order valence-electron chi connectivity index (χ4n) is 2.77. The van der Waals surface area contributed by atoms with Crippen molar-refractivity contribution in [3.63, 3.8) is 0 Å². The third-order valence-corrected chi connectivity index (χ3v) is 5.38. The molecule has 1 heterocycles. The summed E-state index contributed by atoms with van der Waals surface area (Å²) in [6, 6.07) is 24.7. The number of carbonyl (C=O) groups excluding carboxylic acids is 1. The molecule has 0 saturated carbocycles. The zero-order valence-electron chi connectivity index (χ0n) is 15.8. The molecule has 3 aromatic carbocycles. The van der Waals surface area contributed by atoms with Crippen molar-refractivity contribution in [3.8, 4) is 11.5 Å². The molecule has 5 nitrogen and oxygen atoms in total. The Morgan fingerprint density at radius 3 is 2.38 bits per heavy atom. The van der Waals surface area contributed by atoms with E-state index in [-0.39, 0.29) is 11.2 Å². The van der Waals surface area contributed by atoms with Crippen LogP contribution in [0.15, 0.2) is 90.2 Å². The number of hydrogen-bond donors (Lipinski definition) is 1. The molecule has 1 N–H and O–H groups in total. The highest BCUT2D eigenvalue weighted by molar-refractivity contribution is 8.00. The maximum Gasteiger partial charge on any atom is 0.237 e. The third-order valence-electron chi connectivity index (χ3n) is 4.26. The minimum absolute atomic E-state index is 0.0885. The topological polar surface area (TPSA) is 64.1 Å². The van der Waals surface area contributed by atoms with Gasteiger partial charge < -0.3 is 10.1 Å². The summed E-state index contributed by atoms with van der Waals surface area (Å²) >= 11 is 1.42. The summed E-state index contributed by atoms with van der Waals surface area (Å²) in [6.45, 7) is 1.86. The predicted octanol–water partition coefficient (Wildman–Crippen LogP) is 5.54. The van der Waals surface area contributed by atoms with Crippen LogP contribution in [0.25, 0.3) is 10.9 Å². The van der Waals surface area contributed by atoms with Crippen molar-refractivity contribution in [2.24, 2.45) is 0 Å². The van der Waals surface area contributed by atoms with Crippen LogP contribution in [0, 0.1) is 0 Å². The van der Waals surface area contributed by atoms with E-state index in [1.165, 1.54) is 18.1 Å². The Hall–Kier alpha value is -3.38. The Labute approximate surface area is 173 Å². The summed E-state index contributed by atoms with van der Waals surface area (Å²) in [6.07, 6.45) is 1.53. The minimum atomic E-state index is -0.312. The zero-order valence-corrected chi connectivity index (χ0v) is 16.6. The number of para-hydroxylation sites is 2. The number of ether oxygens (including phenoxy) is 1. The van der Waals surface area contributed by atoms with Gasteiger partial charge in [-0.05, 0) is 49.4 Å². The molecule has 1 atom stereocenters. The molecule has 6 heteroatoms. The second-order valence-corrected chi connectivity index (χ2v) is 7.71. The number of nitrogens with zero attached hydrogens (tertiary/aromatic N) is 2. The lowest BCUT2D eigenvalue weighted by Gasteiger charge is -2.13. The van der Waals surface area contributed by atoms with E-state index in [1.807, 2.05) is 85.8 Å². The molecule has 0 saturated heterocycles. The summed E-state index contributed by atoms with van der Waals surface area (Å²) in [7, 11) is 0. The standard InChI is InChI=1S/C23H19N3O2S/c1-16(29-23-20-9-5-6-10-21(20)24-15-25-23)22(27)26-17-11-13-19(14-12-17)28-18-7-3-2-4-8-18/h2-16H,1H3,(H,26,27)/t16-/m0/s1. The lowest BCUT2D eigenvalue weighted by molar-refractivity contribution is -0.115. The maximum absolute atomic E-state index is 12.6. The van der Waals surface area contributed by atoms with Gasteiger partial charge in [-0.15, -0.1) is 0 Å². The molecule has 0 radical (unpaired) electrons. The van der Waals surface area contributed by atoms with E-state index in [0.29, 0.717) is 5.75 Å². The van der Waals surface area contributed by atoms with Crippen LogP contribution in [-0.4, -0.2) is 21.1 Å². The van der Waals surface area contributed by atoms with Crippen LogP contribution in [-0.2, 0) is 4.79 Å². The van der Waals surface area contributed by atoms with Crippen molar-refractivity contribution in [2.75, 3.05) is 5.32 Å². The van der Waals surface area contributed by atoms with Gasteiger partial charge in [0.1, 0.15) is 22.9 Å². The second-order valence-electron chi connectivity index (χ2n) is 6.38. The first-order chi connectivity index (χ1) is 14.2. The highest BCUT2D eigenvalue weighted by Gasteiger charge is 2.17. The van der Waals surface area contributed by atoms with Crippen LogP contribution in [0.3, 0.4) is 0 Å². The van der Waals surface area contributed by atoms with Crippen LogP contribution in [0.2, 0.25) is 0 Å². The van der Waals surface area contributed by atoms with E-state index < -0.39 is 0 Å². The predicted molar refractivity (Wildman–Crippen MR) is 116 cm³/mol. The van der Waals surface area contributed by atoms with Crippen LogP contribution in [0.4, 0.5) is 5.69 Å². The molecule has 1 aromatic heterocycles. The largest absolute Gasteiger partial charge is 0.457 e. The number of benzene rings is 3. The molecule has 4 aromatic rings. The van der Waals surface area contributed by atoms with E-state index in [1.54, 1.807) is 0 Å². The summed E-state index contributed by atoms with van der Waals surface area (Å²) in [5, 5.41) is 4.37. The lowest BCUT2D eigenvalue weighted by Crippen LogP contribution is -2.22. The van der Waals surface area contributed by atoms with Gasteiger partial charge in [-0.3, -0.25) is 4.79 Å². The highest BCUT2D eigenvalue weighted by atomic mass is 32.2. The second kappa shape index (κ2) is 8.75. The molecule has 0 spiro atoms. The summed E-state index contributed by atoms with van der Waals surface area (Å²) in [4.78, 5) is 21.2. The lowest BCUT2D eigenvalue weighted by atomic mass is 10.2.